The molecule has 2 rings (SSSR count). The lowest BCUT2D eigenvalue weighted by Gasteiger charge is -2.12. The van der Waals surface area contributed by atoms with Gasteiger partial charge in [0, 0.05) is 12.2 Å². The fraction of sp³-hybridized carbons (Fsp3) is 0.235. The van der Waals surface area contributed by atoms with Crippen LogP contribution >= 0.6 is 0 Å². The predicted molar refractivity (Wildman–Crippen MR) is 94.5 cm³/mol. The minimum absolute atomic E-state index is 0.0715. The van der Waals surface area contributed by atoms with Gasteiger partial charge in [-0.3, -0.25) is 0 Å². The van der Waals surface area contributed by atoms with Crippen LogP contribution in [0.4, 0.5) is 14.9 Å². The van der Waals surface area contributed by atoms with Crippen LogP contribution in [-0.4, -0.2) is 28.0 Å². The lowest BCUT2D eigenvalue weighted by Crippen LogP contribution is -2.30. The van der Waals surface area contributed by atoms with E-state index in [1.165, 1.54) is 31.3 Å². The minimum Gasteiger partial charge on any atom is -0.338 e. The van der Waals surface area contributed by atoms with Crippen molar-refractivity contribution < 1.29 is 17.6 Å². The fourth-order valence-corrected chi connectivity index (χ4v) is 2.91. The van der Waals surface area contributed by atoms with Gasteiger partial charge in [-0.05, 0) is 55.8 Å². The van der Waals surface area contributed by atoms with Gasteiger partial charge in [0.2, 0.25) is 10.0 Å². The first-order valence-corrected chi connectivity index (χ1v) is 9.13. The van der Waals surface area contributed by atoms with E-state index in [0.717, 1.165) is 11.1 Å². The Hall–Kier alpha value is -2.45. The number of sulfonamides is 1. The van der Waals surface area contributed by atoms with Gasteiger partial charge in [-0.2, -0.15) is 0 Å². The highest BCUT2D eigenvalue weighted by molar-refractivity contribution is 7.89. The molecule has 134 valence electrons. The standard InChI is InChI=1S/C17H20FN3O3S/c1-12-3-8-15(25(23,24)19-2)11-16(12)21-17(22)20-10-9-13-4-6-14(18)7-5-13/h3-8,11,19H,9-10H2,1-2H3,(H2,20,21,22). The smallest absolute Gasteiger partial charge is 0.319 e. The van der Waals surface area contributed by atoms with Gasteiger partial charge in [-0.1, -0.05) is 18.2 Å². The average molecular weight is 365 g/mol. The van der Waals surface area contributed by atoms with Crippen LogP contribution in [0.15, 0.2) is 47.4 Å². The molecule has 0 aliphatic carbocycles. The van der Waals surface area contributed by atoms with E-state index in [4.69, 9.17) is 0 Å². The number of halogens is 1. The van der Waals surface area contributed by atoms with Crippen LogP contribution in [0.1, 0.15) is 11.1 Å². The van der Waals surface area contributed by atoms with Crippen molar-refractivity contribution in [2.24, 2.45) is 0 Å². The maximum atomic E-state index is 12.8. The van der Waals surface area contributed by atoms with Crippen molar-refractivity contribution in [3.8, 4) is 0 Å². The van der Waals surface area contributed by atoms with Crippen LogP contribution in [-0.2, 0) is 16.4 Å². The highest BCUT2D eigenvalue weighted by Gasteiger charge is 2.14. The molecule has 0 bridgehead atoms. The summed E-state index contributed by atoms with van der Waals surface area (Å²) in [7, 11) is -2.26. The summed E-state index contributed by atoms with van der Waals surface area (Å²) < 4.78 is 38.7. The van der Waals surface area contributed by atoms with E-state index in [0.29, 0.717) is 18.7 Å². The van der Waals surface area contributed by atoms with Crippen molar-refractivity contribution in [1.82, 2.24) is 10.0 Å². The molecule has 0 radical (unpaired) electrons. The van der Waals surface area contributed by atoms with Crippen LogP contribution in [0.3, 0.4) is 0 Å². The van der Waals surface area contributed by atoms with Crippen molar-refractivity contribution in [3.63, 3.8) is 0 Å². The Morgan fingerprint density at radius 1 is 1.12 bits per heavy atom. The number of benzene rings is 2. The molecular formula is C17H20FN3O3S. The molecule has 0 aliphatic heterocycles. The van der Waals surface area contributed by atoms with E-state index in [-0.39, 0.29) is 10.7 Å². The summed E-state index contributed by atoms with van der Waals surface area (Å²) in [5, 5.41) is 5.32. The molecule has 0 aliphatic rings. The van der Waals surface area contributed by atoms with E-state index in [1.54, 1.807) is 25.1 Å². The molecule has 0 saturated carbocycles. The molecule has 2 aromatic rings. The van der Waals surface area contributed by atoms with Gasteiger partial charge in [-0.25, -0.2) is 22.3 Å². The maximum Gasteiger partial charge on any atom is 0.319 e. The zero-order chi connectivity index (χ0) is 18.4. The third-order valence-corrected chi connectivity index (χ3v) is 5.06. The molecule has 0 fully saturated rings. The normalized spacial score (nSPS) is 11.2. The second-order valence-electron chi connectivity index (χ2n) is 5.44. The predicted octanol–water partition coefficient (Wildman–Crippen LogP) is 2.41. The largest absolute Gasteiger partial charge is 0.338 e. The van der Waals surface area contributed by atoms with Gasteiger partial charge in [0.05, 0.1) is 4.90 Å². The summed E-state index contributed by atoms with van der Waals surface area (Å²) in [6.07, 6.45) is 0.556. The molecule has 0 atom stereocenters. The minimum atomic E-state index is -3.58. The van der Waals surface area contributed by atoms with Crippen molar-refractivity contribution in [2.45, 2.75) is 18.2 Å². The Morgan fingerprint density at radius 3 is 2.44 bits per heavy atom. The first-order chi connectivity index (χ1) is 11.8. The summed E-state index contributed by atoms with van der Waals surface area (Å²) >= 11 is 0. The fourth-order valence-electron chi connectivity index (χ4n) is 2.16. The molecule has 0 saturated heterocycles. The van der Waals surface area contributed by atoms with Crippen LogP contribution < -0.4 is 15.4 Å². The number of anilines is 1. The van der Waals surface area contributed by atoms with E-state index < -0.39 is 16.1 Å². The number of hydrogen-bond acceptors (Lipinski definition) is 3. The number of amides is 2. The number of rotatable bonds is 6. The van der Waals surface area contributed by atoms with Gasteiger partial charge in [0.15, 0.2) is 0 Å². The number of carbonyl (C=O) groups is 1. The van der Waals surface area contributed by atoms with Crippen molar-refractivity contribution in [1.29, 1.82) is 0 Å². The topological polar surface area (TPSA) is 87.3 Å². The zero-order valence-electron chi connectivity index (χ0n) is 14.0. The summed E-state index contributed by atoms with van der Waals surface area (Å²) in [4.78, 5) is 12.1. The van der Waals surface area contributed by atoms with Gasteiger partial charge in [0.1, 0.15) is 5.82 Å². The molecule has 0 unspecified atom stereocenters. The Morgan fingerprint density at radius 2 is 1.80 bits per heavy atom. The molecule has 2 amide bonds. The molecule has 3 N–H and O–H groups in total. The van der Waals surface area contributed by atoms with Gasteiger partial charge in [-0.15, -0.1) is 0 Å². The highest BCUT2D eigenvalue weighted by Crippen LogP contribution is 2.20. The molecule has 6 nitrogen and oxygen atoms in total. The van der Waals surface area contributed by atoms with Gasteiger partial charge < -0.3 is 10.6 Å². The molecule has 8 heteroatoms. The lowest BCUT2D eigenvalue weighted by molar-refractivity contribution is 0.252. The Balaban J connectivity index is 1.96. The molecular weight excluding hydrogens is 345 g/mol. The number of aryl methyl sites for hydroxylation is 1. The lowest BCUT2D eigenvalue weighted by atomic mass is 10.1. The third kappa shape index (κ3) is 5.27. The number of urea groups is 1. The molecule has 0 spiro atoms. The van der Waals surface area contributed by atoms with Crippen LogP contribution in [0.2, 0.25) is 0 Å². The SMILES string of the molecule is CNS(=O)(=O)c1ccc(C)c(NC(=O)NCCc2ccc(F)cc2)c1. The number of carbonyl (C=O) groups excluding carboxylic acids is 1. The van der Waals surface area contributed by atoms with Crippen LogP contribution in [0.5, 0.6) is 0 Å². The number of hydrogen-bond donors (Lipinski definition) is 3. The van der Waals surface area contributed by atoms with Crippen LogP contribution in [0.25, 0.3) is 0 Å². The molecule has 2 aromatic carbocycles. The van der Waals surface area contributed by atoms with Crippen molar-refractivity contribution in [3.05, 3.63) is 59.4 Å². The summed E-state index contributed by atoms with van der Waals surface area (Å²) in [6.45, 7) is 2.13. The second kappa shape index (κ2) is 8.09. The maximum absolute atomic E-state index is 12.8. The van der Waals surface area contributed by atoms with Gasteiger partial charge >= 0.3 is 6.03 Å². The van der Waals surface area contributed by atoms with E-state index in [9.17, 15) is 17.6 Å². The third-order valence-electron chi connectivity index (χ3n) is 3.65. The molecule has 25 heavy (non-hydrogen) atoms. The first-order valence-electron chi connectivity index (χ1n) is 7.65. The van der Waals surface area contributed by atoms with E-state index in [2.05, 4.69) is 15.4 Å². The first kappa shape index (κ1) is 18.9. The Bertz CT molecular complexity index is 852. The zero-order valence-corrected chi connectivity index (χ0v) is 14.8. The quantitative estimate of drug-likeness (QED) is 0.735. The van der Waals surface area contributed by atoms with E-state index in [1.807, 2.05) is 0 Å². The van der Waals surface area contributed by atoms with Crippen molar-refractivity contribution >= 4 is 21.7 Å². The van der Waals surface area contributed by atoms with Gasteiger partial charge in [0.25, 0.3) is 0 Å². The second-order valence-corrected chi connectivity index (χ2v) is 7.33. The Kier molecular flexibility index (Phi) is 6.11. The molecule has 0 aromatic heterocycles. The average Bonchev–Trinajstić information content (AvgIpc) is 2.58. The summed E-state index contributed by atoms with van der Waals surface area (Å²) in [5.41, 5.74) is 2.05. The highest BCUT2D eigenvalue weighted by atomic mass is 32.2. The van der Waals surface area contributed by atoms with E-state index >= 15 is 0 Å². The van der Waals surface area contributed by atoms with Crippen LogP contribution in [0, 0.1) is 12.7 Å². The monoisotopic (exact) mass is 365 g/mol. The number of nitrogens with one attached hydrogen (secondary N) is 3. The van der Waals surface area contributed by atoms with Crippen molar-refractivity contribution in [2.75, 3.05) is 18.9 Å². The Labute approximate surface area is 146 Å². The summed E-state index contributed by atoms with van der Waals surface area (Å²) in [5.74, 6) is -0.304. The summed E-state index contributed by atoms with van der Waals surface area (Å²) in [6, 6.07) is 10.1. The molecule has 0 heterocycles.